The van der Waals surface area contributed by atoms with Crippen LogP contribution in [0.4, 0.5) is 5.88 Å². The molecule has 156 valence electrons. The first kappa shape index (κ1) is 20.7. The molecule has 0 amide bonds. The summed E-state index contributed by atoms with van der Waals surface area (Å²) in [6.07, 6.45) is 1.55. The van der Waals surface area contributed by atoms with Crippen LogP contribution in [0.15, 0.2) is 74.4 Å². The summed E-state index contributed by atoms with van der Waals surface area (Å²) in [7, 11) is 1.52. The second-order valence-electron chi connectivity index (χ2n) is 6.22. The van der Waals surface area contributed by atoms with Gasteiger partial charge in [0.05, 0.1) is 29.8 Å². The molecule has 0 unspecified atom stereocenters. The molecule has 2 aromatic heterocycles. The normalized spacial score (nSPS) is 11.3. The molecule has 0 aliphatic rings. The van der Waals surface area contributed by atoms with Crippen LogP contribution in [0, 0.1) is 10.1 Å². The number of rotatable bonds is 6. The molecule has 0 saturated heterocycles. The maximum Gasteiger partial charge on any atom is 0.433 e. The van der Waals surface area contributed by atoms with Crippen LogP contribution in [0.2, 0.25) is 5.02 Å². The van der Waals surface area contributed by atoms with Gasteiger partial charge in [-0.15, -0.1) is 0 Å². The van der Waals surface area contributed by atoms with Crippen molar-refractivity contribution >= 4 is 46.2 Å². The van der Waals surface area contributed by atoms with Crippen molar-refractivity contribution in [3.63, 3.8) is 0 Å². The van der Waals surface area contributed by atoms with E-state index in [1.54, 1.807) is 53.9 Å². The molecule has 0 saturated carbocycles. The van der Waals surface area contributed by atoms with Crippen LogP contribution < -0.4 is 10.3 Å². The zero-order chi connectivity index (χ0) is 22.0. The molecule has 0 fully saturated rings. The molecule has 0 atom stereocenters. The van der Waals surface area contributed by atoms with E-state index in [9.17, 15) is 14.9 Å². The summed E-state index contributed by atoms with van der Waals surface area (Å²) in [5, 5.41) is 13.6. The van der Waals surface area contributed by atoms with E-state index < -0.39 is 4.92 Å². The monoisotopic (exact) mass is 455 g/mol. The minimum absolute atomic E-state index is 0.282. The van der Waals surface area contributed by atoms with Crippen molar-refractivity contribution in [2.75, 3.05) is 7.11 Å². The molecule has 0 N–H and O–H groups in total. The Bertz CT molecular complexity index is 1380. The number of para-hydroxylation sites is 2. The largest absolute Gasteiger partial charge is 0.495 e. The van der Waals surface area contributed by atoms with Gasteiger partial charge in [0.25, 0.3) is 5.56 Å². The zero-order valence-electron chi connectivity index (χ0n) is 16.0. The fourth-order valence-corrected chi connectivity index (χ4v) is 3.86. The quantitative estimate of drug-likeness (QED) is 0.168. The summed E-state index contributed by atoms with van der Waals surface area (Å²) in [5.74, 6) is 0.454. The van der Waals surface area contributed by atoms with E-state index in [0.29, 0.717) is 38.3 Å². The van der Waals surface area contributed by atoms with Crippen LogP contribution in [-0.2, 0) is 0 Å². The lowest BCUT2D eigenvalue weighted by molar-refractivity contribution is -0.402. The Morgan fingerprint density at radius 3 is 2.77 bits per heavy atom. The van der Waals surface area contributed by atoms with Crippen molar-refractivity contribution in [2.45, 2.75) is 5.16 Å². The maximum atomic E-state index is 13.3. The predicted molar refractivity (Wildman–Crippen MR) is 119 cm³/mol. The molecule has 0 aliphatic carbocycles. The van der Waals surface area contributed by atoms with E-state index in [1.807, 2.05) is 0 Å². The average molecular weight is 456 g/mol. The molecule has 2 aromatic carbocycles. The van der Waals surface area contributed by atoms with Crippen LogP contribution in [0.5, 0.6) is 5.75 Å². The Labute approximate surface area is 184 Å². The van der Waals surface area contributed by atoms with Crippen LogP contribution in [0.3, 0.4) is 0 Å². The molecule has 0 bridgehead atoms. The molecule has 4 aromatic rings. The van der Waals surface area contributed by atoms with Crippen LogP contribution in [0.25, 0.3) is 22.7 Å². The predicted octanol–water partition coefficient (Wildman–Crippen LogP) is 5.31. The van der Waals surface area contributed by atoms with Gasteiger partial charge in [0.2, 0.25) is 0 Å². The lowest BCUT2D eigenvalue weighted by Crippen LogP contribution is -2.22. The summed E-state index contributed by atoms with van der Waals surface area (Å²) in [6, 6.07) is 14.7. The van der Waals surface area contributed by atoms with Gasteiger partial charge in [0, 0.05) is 5.02 Å². The van der Waals surface area contributed by atoms with Gasteiger partial charge in [-0.1, -0.05) is 35.5 Å². The first-order chi connectivity index (χ1) is 15.0. The molecule has 31 heavy (non-hydrogen) atoms. The lowest BCUT2D eigenvalue weighted by atomic mass is 10.2. The van der Waals surface area contributed by atoms with E-state index in [0.717, 1.165) is 11.8 Å². The summed E-state index contributed by atoms with van der Waals surface area (Å²) in [5.41, 5.74) is 0.702. The SMILES string of the molecule is COc1ccccc1-n1c(S/C=C/c2ccc([N+](=O)[O-])o2)nc2cc(Cl)ccc2c1=O. The van der Waals surface area contributed by atoms with Gasteiger partial charge in [-0.2, -0.15) is 0 Å². The Kier molecular flexibility index (Phi) is 5.79. The number of halogens is 1. The number of aromatic nitrogens is 2. The van der Waals surface area contributed by atoms with E-state index in [-0.39, 0.29) is 11.4 Å². The van der Waals surface area contributed by atoms with E-state index >= 15 is 0 Å². The van der Waals surface area contributed by atoms with Gasteiger partial charge in [-0.3, -0.25) is 19.5 Å². The number of nitrogens with zero attached hydrogens (tertiary/aromatic N) is 3. The van der Waals surface area contributed by atoms with Crippen LogP contribution in [0.1, 0.15) is 5.76 Å². The molecule has 2 heterocycles. The summed E-state index contributed by atoms with van der Waals surface area (Å²) in [6.45, 7) is 0. The first-order valence-corrected chi connectivity index (χ1v) is 10.2. The molecular formula is C21H14ClN3O5S. The highest BCUT2D eigenvalue weighted by atomic mass is 35.5. The van der Waals surface area contributed by atoms with E-state index in [4.69, 9.17) is 20.8 Å². The van der Waals surface area contributed by atoms with Gasteiger partial charge < -0.3 is 9.15 Å². The van der Waals surface area contributed by atoms with Crippen molar-refractivity contribution < 1.29 is 14.1 Å². The van der Waals surface area contributed by atoms with Crippen LogP contribution >= 0.6 is 23.4 Å². The van der Waals surface area contributed by atoms with E-state index in [1.165, 1.54) is 23.8 Å². The van der Waals surface area contributed by atoms with Gasteiger partial charge in [-0.25, -0.2) is 4.98 Å². The third kappa shape index (κ3) is 4.18. The topological polar surface area (TPSA) is 100 Å². The summed E-state index contributed by atoms with van der Waals surface area (Å²) < 4.78 is 12.0. The summed E-state index contributed by atoms with van der Waals surface area (Å²) in [4.78, 5) is 28.1. The van der Waals surface area contributed by atoms with Crippen molar-refractivity contribution in [3.8, 4) is 11.4 Å². The number of hydrogen-bond donors (Lipinski definition) is 0. The molecular weight excluding hydrogens is 442 g/mol. The number of benzene rings is 2. The fraction of sp³-hybridized carbons (Fsp3) is 0.0476. The van der Waals surface area contributed by atoms with Crippen LogP contribution in [-0.4, -0.2) is 21.6 Å². The Hall–Kier alpha value is -3.56. The standard InChI is InChI=1S/C21H14ClN3O5S/c1-29-18-5-3-2-4-17(18)24-20(26)15-8-6-13(22)12-16(15)23-21(24)31-11-10-14-7-9-19(30-14)25(27)28/h2-12H,1H3/b11-10+. The fourth-order valence-electron chi connectivity index (χ4n) is 2.94. The number of nitro groups is 1. The minimum atomic E-state index is -0.613. The number of methoxy groups -OCH3 is 1. The van der Waals surface area contributed by atoms with Gasteiger partial charge in [0.1, 0.15) is 16.4 Å². The Morgan fingerprint density at radius 1 is 1.23 bits per heavy atom. The minimum Gasteiger partial charge on any atom is -0.495 e. The number of thioether (sulfide) groups is 1. The first-order valence-electron chi connectivity index (χ1n) is 8.91. The van der Waals surface area contributed by atoms with Crippen molar-refractivity contribution in [3.05, 3.63) is 91.3 Å². The Morgan fingerprint density at radius 2 is 2.03 bits per heavy atom. The molecule has 0 radical (unpaired) electrons. The molecule has 10 heteroatoms. The van der Waals surface area contributed by atoms with Crippen molar-refractivity contribution in [1.82, 2.24) is 9.55 Å². The molecule has 0 aliphatic heterocycles. The van der Waals surface area contributed by atoms with Gasteiger partial charge in [0.15, 0.2) is 5.16 Å². The second-order valence-corrected chi connectivity index (χ2v) is 7.53. The number of ether oxygens (including phenoxy) is 1. The zero-order valence-corrected chi connectivity index (χ0v) is 17.6. The molecule has 4 rings (SSSR count). The van der Waals surface area contributed by atoms with E-state index in [2.05, 4.69) is 4.98 Å². The van der Waals surface area contributed by atoms with Gasteiger partial charge in [-0.05, 0) is 47.9 Å². The van der Waals surface area contributed by atoms with Gasteiger partial charge >= 0.3 is 5.88 Å². The second kappa shape index (κ2) is 8.66. The van der Waals surface area contributed by atoms with Crippen molar-refractivity contribution in [1.29, 1.82) is 0 Å². The number of hydrogen-bond acceptors (Lipinski definition) is 7. The molecule has 0 spiro atoms. The maximum absolute atomic E-state index is 13.3. The number of fused-ring (bicyclic) bond motifs is 1. The smallest absolute Gasteiger partial charge is 0.433 e. The van der Waals surface area contributed by atoms with Crippen molar-refractivity contribution in [2.24, 2.45) is 0 Å². The highest BCUT2D eigenvalue weighted by molar-refractivity contribution is 8.02. The third-order valence-electron chi connectivity index (χ3n) is 4.33. The molecule has 8 nitrogen and oxygen atoms in total. The lowest BCUT2D eigenvalue weighted by Gasteiger charge is -2.15. The Balaban J connectivity index is 1.83. The third-order valence-corrected chi connectivity index (χ3v) is 5.32. The highest BCUT2D eigenvalue weighted by Gasteiger charge is 2.16. The highest BCUT2D eigenvalue weighted by Crippen LogP contribution is 2.29. The summed E-state index contributed by atoms with van der Waals surface area (Å²) >= 11 is 7.23. The number of furan rings is 1. The average Bonchev–Trinajstić information content (AvgIpc) is 3.23.